The van der Waals surface area contributed by atoms with Crippen LogP contribution in [-0.4, -0.2) is 18.4 Å². The minimum absolute atomic E-state index is 0.0201. The van der Waals surface area contributed by atoms with E-state index in [0.717, 1.165) is 12.0 Å². The maximum atomic E-state index is 12.4. The molecular weight excluding hydrogens is 302 g/mol. The van der Waals surface area contributed by atoms with Crippen molar-refractivity contribution in [2.24, 2.45) is 5.73 Å². The lowest BCUT2D eigenvalue weighted by molar-refractivity contribution is -0.139. The van der Waals surface area contributed by atoms with Crippen LogP contribution in [0.1, 0.15) is 37.7 Å². The summed E-state index contributed by atoms with van der Waals surface area (Å²) >= 11 is 1.51. The average molecular weight is 319 g/mol. The largest absolute Gasteiger partial charge is 0.462 e. The SMILES string of the molecule is CCOC(=O)C1=C(N)OC2=C(C(=O)CCC2)C1c1ccsc1. The number of rotatable bonds is 3. The van der Waals surface area contributed by atoms with E-state index in [4.69, 9.17) is 15.2 Å². The van der Waals surface area contributed by atoms with Gasteiger partial charge in [-0.25, -0.2) is 4.79 Å². The molecular formula is C16H17NO4S. The summed E-state index contributed by atoms with van der Waals surface area (Å²) in [6, 6.07) is 1.90. The van der Waals surface area contributed by atoms with E-state index in [-0.39, 0.29) is 23.8 Å². The van der Waals surface area contributed by atoms with Crippen LogP contribution in [0.15, 0.2) is 39.6 Å². The fraction of sp³-hybridized carbons (Fsp3) is 0.375. The molecule has 6 heteroatoms. The molecule has 0 fully saturated rings. The number of esters is 1. The Hall–Kier alpha value is -2.08. The fourth-order valence-corrected chi connectivity index (χ4v) is 3.62. The van der Waals surface area contributed by atoms with Gasteiger partial charge in [-0.1, -0.05) is 0 Å². The van der Waals surface area contributed by atoms with Gasteiger partial charge in [0.05, 0.1) is 12.5 Å². The summed E-state index contributed by atoms with van der Waals surface area (Å²) in [5.41, 5.74) is 7.64. The molecule has 1 aromatic rings. The van der Waals surface area contributed by atoms with Crippen molar-refractivity contribution in [1.82, 2.24) is 0 Å². The zero-order chi connectivity index (χ0) is 15.7. The van der Waals surface area contributed by atoms with E-state index in [1.54, 1.807) is 6.92 Å². The molecule has 0 aromatic carbocycles. The number of nitrogens with two attached hydrogens (primary N) is 1. The molecule has 0 bridgehead atoms. The monoisotopic (exact) mass is 319 g/mol. The first kappa shape index (κ1) is 14.8. The number of Topliss-reactive ketones (excluding diaryl/α,β-unsaturated/α-hetero) is 1. The molecule has 2 heterocycles. The van der Waals surface area contributed by atoms with Gasteiger partial charge in [-0.05, 0) is 35.7 Å². The van der Waals surface area contributed by atoms with Crippen molar-refractivity contribution in [1.29, 1.82) is 0 Å². The van der Waals surface area contributed by atoms with Gasteiger partial charge in [-0.15, -0.1) is 0 Å². The molecule has 5 nitrogen and oxygen atoms in total. The van der Waals surface area contributed by atoms with E-state index in [0.29, 0.717) is 24.2 Å². The average Bonchev–Trinajstić information content (AvgIpc) is 3.00. The van der Waals surface area contributed by atoms with Crippen molar-refractivity contribution in [3.8, 4) is 0 Å². The van der Waals surface area contributed by atoms with Crippen molar-refractivity contribution in [3.05, 3.63) is 45.2 Å². The zero-order valence-electron chi connectivity index (χ0n) is 12.3. The molecule has 2 aliphatic rings. The lowest BCUT2D eigenvalue weighted by Gasteiger charge is -2.31. The number of ether oxygens (including phenoxy) is 2. The third-order valence-electron chi connectivity index (χ3n) is 3.86. The second-order valence-electron chi connectivity index (χ2n) is 5.20. The van der Waals surface area contributed by atoms with E-state index in [1.165, 1.54) is 11.3 Å². The third kappa shape index (κ3) is 2.43. The molecule has 0 saturated carbocycles. The molecule has 1 aliphatic heterocycles. The van der Waals surface area contributed by atoms with Gasteiger partial charge in [-0.2, -0.15) is 11.3 Å². The summed E-state index contributed by atoms with van der Waals surface area (Å²) in [4.78, 5) is 24.7. The van der Waals surface area contributed by atoms with Crippen LogP contribution in [0.5, 0.6) is 0 Å². The highest BCUT2D eigenvalue weighted by Gasteiger charge is 2.41. The van der Waals surface area contributed by atoms with Gasteiger partial charge in [0.2, 0.25) is 5.88 Å². The fourth-order valence-electron chi connectivity index (χ4n) is 2.94. The van der Waals surface area contributed by atoms with Crippen LogP contribution in [0.3, 0.4) is 0 Å². The summed E-state index contributed by atoms with van der Waals surface area (Å²) < 4.78 is 10.7. The Kier molecular flexibility index (Phi) is 4.02. The Balaban J connectivity index is 2.12. The van der Waals surface area contributed by atoms with E-state index in [2.05, 4.69) is 0 Å². The predicted octanol–water partition coefficient (Wildman–Crippen LogP) is 2.60. The molecule has 0 saturated heterocycles. The van der Waals surface area contributed by atoms with Gasteiger partial charge in [0, 0.05) is 18.4 Å². The normalized spacial score (nSPS) is 21.5. The standard InChI is InChI=1S/C16H17NO4S/c1-2-20-16(19)14-12(9-6-7-22-8-9)13-10(18)4-3-5-11(13)21-15(14)17/h6-8,12H,2-5,17H2,1H3. The van der Waals surface area contributed by atoms with Crippen LogP contribution in [0.25, 0.3) is 0 Å². The van der Waals surface area contributed by atoms with Crippen LogP contribution < -0.4 is 5.73 Å². The quantitative estimate of drug-likeness (QED) is 0.866. The van der Waals surface area contributed by atoms with Crippen LogP contribution in [0, 0.1) is 0 Å². The molecule has 1 aromatic heterocycles. The summed E-state index contributed by atoms with van der Waals surface area (Å²) in [6.07, 6.45) is 1.88. The lowest BCUT2D eigenvalue weighted by Crippen LogP contribution is -2.31. The molecule has 0 amide bonds. The molecule has 22 heavy (non-hydrogen) atoms. The Labute approximate surface area is 132 Å². The first-order chi connectivity index (χ1) is 10.6. The number of ketones is 1. The molecule has 0 radical (unpaired) electrons. The minimum Gasteiger partial charge on any atom is -0.462 e. The van der Waals surface area contributed by atoms with Gasteiger partial charge < -0.3 is 15.2 Å². The van der Waals surface area contributed by atoms with Crippen LogP contribution in [-0.2, 0) is 19.1 Å². The number of allylic oxidation sites excluding steroid dienone is 2. The maximum absolute atomic E-state index is 12.4. The van der Waals surface area contributed by atoms with Gasteiger partial charge in [0.1, 0.15) is 11.3 Å². The van der Waals surface area contributed by atoms with Crippen molar-refractivity contribution in [2.45, 2.75) is 32.1 Å². The van der Waals surface area contributed by atoms with Gasteiger partial charge in [0.15, 0.2) is 5.78 Å². The summed E-state index contributed by atoms with van der Waals surface area (Å²) in [6.45, 7) is 1.97. The second kappa shape index (κ2) is 5.96. The van der Waals surface area contributed by atoms with Gasteiger partial charge in [-0.3, -0.25) is 4.79 Å². The predicted molar refractivity (Wildman–Crippen MR) is 81.9 cm³/mol. The molecule has 1 atom stereocenters. The number of hydrogen-bond donors (Lipinski definition) is 1. The number of thiophene rings is 1. The number of carbonyl (C=O) groups excluding carboxylic acids is 2. The van der Waals surface area contributed by atoms with Crippen molar-refractivity contribution < 1.29 is 19.1 Å². The first-order valence-corrected chi connectivity index (χ1v) is 8.20. The Morgan fingerprint density at radius 3 is 3.00 bits per heavy atom. The van der Waals surface area contributed by atoms with E-state index < -0.39 is 11.9 Å². The van der Waals surface area contributed by atoms with Crippen molar-refractivity contribution in [3.63, 3.8) is 0 Å². The molecule has 1 unspecified atom stereocenters. The highest BCUT2D eigenvalue weighted by molar-refractivity contribution is 7.08. The lowest BCUT2D eigenvalue weighted by atomic mass is 9.78. The van der Waals surface area contributed by atoms with Gasteiger partial charge >= 0.3 is 5.97 Å². The zero-order valence-corrected chi connectivity index (χ0v) is 13.1. The van der Waals surface area contributed by atoms with Crippen LogP contribution in [0.2, 0.25) is 0 Å². The smallest absolute Gasteiger partial charge is 0.340 e. The van der Waals surface area contributed by atoms with E-state index >= 15 is 0 Å². The van der Waals surface area contributed by atoms with Crippen molar-refractivity contribution >= 4 is 23.1 Å². The minimum atomic E-state index is -0.527. The molecule has 3 rings (SSSR count). The van der Waals surface area contributed by atoms with E-state index in [1.807, 2.05) is 16.8 Å². The first-order valence-electron chi connectivity index (χ1n) is 7.26. The second-order valence-corrected chi connectivity index (χ2v) is 5.98. The van der Waals surface area contributed by atoms with Crippen LogP contribution >= 0.6 is 11.3 Å². The number of hydrogen-bond acceptors (Lipinski definition) is 6. The summed E-state index contributed by atoms with van der Waals surface area (Å²) in [5.74, 6) is -0.351. The van der Waals surface area contributed by atoms with Crippen molar-refractivity contribution in [2.75, 3.05) is 6.61 Å². The molecule has 2 N–H and O–H groups in total. The van der Waals surface area contributed by atoms with Gasteiger partial charge in [0.25, 0.3) is 0 Å². The van der Waals surface area contributed by atoms with Crippen LogP contribution in [0.4, 0.5) is 0 Å². The maximum Gasteiger partial charge on any atom is 0.340 e. The third-order valence-corrected chi connectivity index (χ3v) is 4.56. The summed E-state index contributed by atoms with van der Waals surface area (Å²) in [7, 11) is 0. The Morgan fingerprint density at radius 2 is 2.32 bits per heavy atom. The number of carbonyl (C=O) groups is 2. The highest BCUT2D eigenvalue weighted by Crippen LogP contribution is 2.44. The molecule has 0 spiro atoms. The molecule has 1 aliphatic carbocycles. The molecule has 116 valence electrons. The Morgan fingerprint density at radius 1 is 1.50 bits per heavy atom. The highest BCUT2D eigenvalue weighted by atomic mass is 32.1. The van der Waals surface area contributed by atoms with E-state index in [9.17, 15) is 9.59 Å². The topological polar surface area (TPSA) is 78.6 Å². The summed E-state index contributed by atoms with van der Waals surface area (Å²) in [5, 5.41) is 3.84. The Bertz CT molecular complexity index is 672.